The second kappa shape index (κ2) is 17.1. The summed E-state index contributed by atoms with van der Waals surface area (Å²) in [7, 11) is 0. The minimum Gasteiger partial charge on any atom is -0.458 e. The highest BCUT2D eigenvalue weighted by Gasteiger charge is 2.38. The number of para-hydroxylation sites is 6. The lowest BCUT2D eigenvalue weighted by atomic mass is 9.33. The first-order chi connectivity index (χ1) is 33.7. The first-order valence-corrected chi connectivity index (χ1v) is 24.5. The second-order valence-electron chi connectivity index (χ2n) is 19.8. The van der Waals surface area contributed by atoms with E-state index in [1.807, 2.05) is 24.3 Å². The summed E-state index contributed by atoms with van der Waals surface area (Å²) in [6, 6.07) is 70.1. The molecule has 0 unspecified atom stereocenters. The largest absolute Gasteiger partial charge is 0.458 e. The normalized spacial score (nSPS) is 13.4. The summed E-state index contributed by atoms with van der Waals surface area (Å²) in [4.78, 5) is 2.29. The number of nitrogens with zero attached hydrogens (tertiary/aromatic N) is 1. The smallest absolute Gasteiger partial charge is 0.251 e. The van der Waals surface area contributed by atoms with Gasteiger partial charge < -0.3 is 19.1 Å². The van der Waals surface area contributed by atoms with Crippen molar-refractivity contribution in [2.75, 3.05) is 4.90 Å². The Bertz CT molecular complexity index is 3120. The summed E-state index contributed by atoms with van der Waals surface area (Å²) in [5, 5.41) is 0. The Hall–Kier alpha value is -7.76. The first-order valence-electron chi connectivity index (χ1n) is 24.5. The van der Waals surface area contributed by atoms with Crippen LogP contribution in [0, 0.1) is 0 Å². The molecule has 0 saturated carbocycles. The molecule has 0 aromatic heterocycles. The highest BCUT2D eigenvalue weighted by Crippen LogP contribution is 2.51. The maximum Gasteiger partial charge on any atom is 0.251 e. The van der Waals surface area contributed by atoms with Gasteiger partial charge in [-0.25, -0.2) is 0 Å². The predicted molar refractivity (Wildman–Crippen MR) is 286 cm³/mol. The molecule has 9 aromatic carbocycles. The van der Waals surface area contributed by atoms with Gasteiger partial charge in [0.2, 0.25) is 0 Å². The number of benzene rings is 9. The van der Waals surface area contributed by atoms with E-state index < -0.39 is 0 Å². The van der Waals surface area contributed by atoms with Crippen LogP contribution in [0.2, 0.25) is 0 Å². The van der Waals surface area contributed by atoms with Crippen LogP contribution in [0.5, 0.6) is 34.5 Å². The molecule has 0 amide bonds. The van der Waals surface area contributed by atoms with E-state index in [9.17, 15) is 0 Å². The topological polar surface area (TPSA) is 30.9 Å². The van der Waals surface area contributed by atoms with Crippen molar-refractivity contribution in [2.45, 2.75) is 65.2 Å². The second-order valence-corrected chi connectivity index (χ2v) is 19.8. The lowest BCUT2D eigenvalue weighted by Gasteiger charge is -2.33. The van der Waals surface area contributed by atoms with Gasteiger partial charge in [0, 0.05) is 22.7 Å². The first kappa shape index (κ1) is 42.6. The molecule has 0 bridgehead atoms. The molecule has 0 radical (unpaired) electrons. The molecule has 4 nitrogen and oxygen atoms in total. The van der Waals surface area contributed by atoms with Gasteiger partial charge in [-0.05, 0) is 134 Å². The van der Waals surface area contributed by atoms with E-state index in [4.69, 9.17) is 14.2 Å². The third-order valence-corrected chi connectivity index (χ3v) is 14.5. The van der Waals surface area contributed by atoms with Crippen LogP contribution in [0.3, 0.4) is 0 Å². The van der Waals surface area contributed by atoms with E-state index in [1.54, 1.807) is 0 Å². The molecule has 3 aliphatic rings. The van der Waals surface area contributed by atoms with Crippen LogP contribution in [-0.4, -0.2) is 6.71 Å². The van der Waals surface area contributed by atoms with Gasteiger partial charge in [0.1, 0.15) is 23.0 Å². The maximum absolute atomic E-state index is 6.97. The van der Waals surface area contributed by atoms with Crippen LogP contribution < -0.4 is 35.5 Å². The van der Waals surface area contributed by atoms with Crippen molar-refractivity contribution in [1.82, 2.24) is 0 Å². The molecule has 0 N–H and O–H groups in total. The van der Waals surface area contributed by atoms with E-state index in [1.165, 1.54) is 60.9 Å². The van der Waals surface area contributed by atoms with Crippen molar-refractivity contribution in [3.63, 3.8) is 0 Å². The molecule has 0 fully saturated rings. The number of hydrogen-bond acceptors (Lipinski definition) is 4. The number of hydrogen-bond donors (Lipinski definition) is 0. The summed E-state index contributed by atoms with van der Waals surface area (Å²) >= 11 is 0. The molecule has 9 aromatic rings. The van der Waals surface area contributed by atoms with Crippen molar-refractivity contribution < 1.29 is 14.2 Å². The van der Waals surface area contributed by atoms with Crippen LogP contribution in [-0.2, 0) is 0 Å². The fourth-order valence-electron chi connectivity index (χ4n) is 11.0. The number of fused-ring (bicyclic) bond motifs is 6. The molecular weight excluding hydrogens is 842 g/mol. The third kappa shape index (κ3) is 7.40. The van der Waals surface area contributed by atoms with Crippen molar-refractivity contribution >= 4 is 40.2 Å². The molecule has 5 heteroatoms. The van der Waals surface area contributed by atoms with Crippen molar-refractivity contribution in [2.24, 2.45) is 0 Å². The molecule has 3 aliphatic heterocycles. The van der Waals surface area contributed by atoms with Gasteiger partial charge in [-0.15, -0.1) is 0 Å². The highest BCUT2D eigenvalue weighted by molar-refractivity contribution is 6.97. The molecule has 0 spiro atoms. The van der Waals surface area contributed by atoms with Gasteiger partial charge in [0.25, 0.3) is 6.71 Å². The minimum absolute atomic E-state index is 0.0604. The van der Waals surface area contributed by atoms with Gasteiger partial charge in [-0.2, -0.15) is 0 Å². The Morgan fingerprint density at radius 3 is 1.30 bits per heavy atom. The predicted octanol–water partition coefficient (Wildman–Crippen LogP) is 15.9. The monoisotopic (exact) mass is 895 g/mol. The molecule has 0 aliphatic carbocycles. The van der Waals surface area contributed by atoms with Crippen molar-refractivity contribution in [1.29, 1.82) is 0 Å². The number of rotatable bonds is 8. The lowest BCUT2D eigenvalue weighted by Crippen LogP contribution is -2.57. The van der Waals surface area contributed by atoms with Gasteiger partial charge in [-0.3, -0.25) is 0 Å². The molecule has 12 rings (SSSR count). The van der Waals surface area contributed by atoms with Crippen LogP contribution in [0.4, 0.5) is 17.1 Å². The Morgan fingerprint density at radius 2 is 0.812 bits per heavy atom. The zero-order valence-electron chi connectivity index (χ0n) is 40.0. The Balaban J connectivity index is 0.971. The quantitative estimate of drug-likeness (QED) is 0.142. The molecule has 336 valence electrons. The standard InChI is InChI=1S/C64H54BNO3/c1-39(2)47-35-51(40(3)4)64(52(36-47)41(5)6)65-53-37-45(42-23-25-44(26-24-42)63-49-15-7-11-19-57(49)67-58-20-12-8-16-50(58)63)29-33-59(53)68-60-34-30-46(38-54(60)65)43-27-31-48(32-28-43)66-55-17-9-13-21-61(55)69-62-22-14-10-18-56(62)66/h7-41,63H,1-6H3. The van der Waals surface area contributed by atoms with Crippen molar-refractivity contribution in [3.8, 4) is 56.8 Å². The fraction of sp³-hybridized carbons (Fsp3) is 0.156. The van der Waals surface area contributed by atoms with Crippen LogP contribution in [0.1, 0.15) is 98.6 Å². The summed E-state index contributed by atoms with van der Waals surface area (Å²) in [6.07, 6.45) is 0. The summed E-state index contributed by atoms with van der Waals surface area (Å²) in [5.41, 5.74) is 19.3. The maximum atomic E-state index is 6.97. The van der Waals surface area contributed by atoms with Crippen molar-refractivity contribution in [3.05, 3.63) is 228 Å². The minimum atomic E-state index is -0.0604. The van der Waals surface area contributed by atoms with Gasteiger partial charge in [-0.1, -0.05) is 180 Å². The Kier molecular flexibility index (Phi) is 10.5. The molecule has 69 heavy (non-hydrogen) atoms. The molecule has 0 atom stereocenters. The van der Waals surface area contributed by atoms with E-state index in [2.05, 4.69) is 216 Å². The zero-order chi connectivity index (χ0) is 46.9. The zero-order valence-corrected chi connectivity index (χ0v) is 40.0. The molecule has 0 saturated heterocycles. The van der Waals surface area contributed by atoms with Crippen LogP contribution in [0.15, 0.2) is 194 Å². The average molecular weight is 896 g/mol. The average Bonchev–Trinajstić information content (AvgIpc) is 3.38. The third-order valence-electron chi connectivity index (χ3n) is 14.5. The van der Waals surface area contributed by atoms with Crippen LogP contribution >= 0.6 is 0 Å². The van der Waals surface area contributed by atoms with E-state index in [0.29, 0.717) is 17.8 Å². The van der Waals surface area contributed by atoms with E-state index in [0.717, 1.165) is 62.7 Å². The highest BCUT2D eigenvalue weighted by atomic mass is 16.5. The van der Waals surface area contributed by atoms with Gasteiger partial charge in [0.15, 0.2) is 11.5 Å². The number of ether oxygens (including phenoxy) is 3. The Morgan fingerprint density at radius 1 is 0.391 bits per heavy atom. The SMILES string of the molecule is CC(C)c1cc(C(C)C)c(B2c3cc(-c4ccc(C5c6ccccc6Oc6ccccc65)cc4)ccc3Oc3ccc(-c4ccc(N5c6ccccc6Oc6ccccc65)cc4)cc32)c(C(C)C)c1. The summed E-state index contributed by atoms with van der Waals surface area (Å²) in [5.74, 6) is 6.45. The summed E-state index contributed by atoms with van der Waals surface area (Å²) in [6.45, 7) is 14.0. The summed E-state index contributed by atoms with van der Waals surface area (Å²) < 4.78 is 19.7. The van der Waals surface area contributed by atoms with Gasteiger partial charge >= 0.3 is 0 Å². The lowest BCUT2D eigenvalue weighted by molar-refractivity contribution is 0.453. The number of anilines is 3. The molecule has 3 heterocycles. The molecular formula is C64H54BNO3. The van der Waals surface area contributed by atoms with Gasteiger partial charge in [0.05, 0.1) is 11.4 Å². The van der Waals surface area contributed by atoms with E-state index >= 15 is 0 Å². The Labute approximate surface area is 406 Å². The fourth-order valence-corrected chi connectivity index (χ4v) is 11.0. The van der Waals surface area contributed by atoms with E-state index in [-0.39, 0.29) is 12.6 Å². The van der Waals surface area contributed by atoms with Crippen LogP contribution in [0.25, 0.3) is 22.3 Å².